The van der Waals surface area contributed by atoms with Gasteiger partial charge in [-0.05, 0) is 24.8 Å². The topological polar surface area (TPSA) is 76.5 Å². The monoisotopic (exact) mass is 341 g/mol. The SMILES string of the molecule is O[C@@H]1C[C@@H](Nc2nccc(OCc3ccccc3)n2)C12CCOCC2. The number of rotatable bonds is 5. The Hall–Kier alpha value is -2.18. The van der Waals surface area contributed by atoms with E-state index >= 15 is 0 Å². The Bertz CT molecular complexity index is 704. The molecule has 132 valence electrons. The summed E-state index contributed by atoms with van der Waals surface area (Å²) in [6.45, 7) is 1.88. The molecule has 0 bridgehead atoms. The molecule has 25 heavy (non-hydrogen) atoms. The van der Waals surface area contributed by atoms with E-state index in [1.807, 2.05) is 30.3 Å². The number of aliphatic hydroxyl groups is 1. The molecule has 0 unspecified atom stereocenters. The number of hydrogen-bond donors (Lipinski definition) is 2. The van der Waals surface area contributed by atoms with Crippen molar-refractivity contribution >= 4 is 5.95 Å². The van der Waals surface area contributed by atoms with Crippen LogP contribution in [0.5, 0.6) is 5.88 Å². The van der Waals surface area contributed by atoms with Gasteiger partial charge in [-0.2, -0.15) is 4.98 Å². The number of nitrogens with one attached hydrogen (secondary N) is 1. The fourth-order valence-electron chi connectivity index (χ4n) is 3.78. The third-order valence-electron chi connectivity index (χ3n) is 5.40. The van der Waals surface area contributed by atoms with E-state index in [1.165, 1.54) is 0 Å². The third kappa shape index (κ3) is 3.32. The van der Waals surface area contributed by atoms with Crippen molar-refractivity contribution in [3.63, 3.8) is 0 Å². The van der Waals surface area contributed by atoms with Crippen molar-refractivity contribution in [1.29, 1.82) is 0 Å². The number of nitrogens with zero attached hydrogens (tertiary/aromatic N) is 2. The van der Waals surface area contributed by atoms with E-state index in [0.29, 0.717) is 31.6 Å². The molecule has 6 heteroatoms. The lowest BCUT2D eigenvalue weighted by molar-refractivity contribution is -0.133. The van der Waals surface area contributed by atoms with Gasteiger partial charge >= 0.3 is 0 Å². The van der Waals surface area contributed by atoms with Gasteiger partial charge in [0.1, 0.15) is 6.61 Å². The van der Waals surface area contributed by atoms with Gasteiger partial charge in [-0.25, -0.2) is 4.98 Å². The summed E-state index contributed by atoms with van der Waals surface area (Å²) in [5, 5.41) is 13.7. The summed E-state index contributed by atoms with van der Waals surface area (Å²) in [4.78, 5) is 8.76. The number of aliphatic hydroxyl groups excluding tert-OH is 1. The van der Waals surface area contributed by atoms with Crippen LogP contribution in [-0.4, -0.2) is 40.4 Å². The van der Waals surface area contributed by atoms with Gasteiger partial charge in [0.05, 0.1) is 6.10 Å². The highest BCUT2D eigenvalue weighted by molar-refractivity contribution is 5.33. The molecule has 1 spiro atoms. The van der Waals surface area contributed by atoms with Crippen LogP contribution in [0.3, 0.4) is 0 Å². The Morgan fingerprint density at radius 3 is 2.76 bits per heavy atom. The maximum atomic E-state index is 10.3. The van der Waals surface area contributed by atoms with Crippen LogP contribution in [0.4, 0.5) is 5.95 Å². The summed E-state index contributed by atoms with van der Waals surface area (Å²) in [6, 6.07) is 11.9. The highest BCUT2D eigenvalue weighted by atomic mass is 16.5. The Kier molecular flexibility index (Phi) is 4.55. The molecule has 1 saturated heterocycles. The molecule has 1 saturated carbocycles. The standard InChI is InChI=1S/C19H23N3O3/c23-16-12-15(19(16)7-10-24-11-8-19)21-18-20-9-6-17(22-18)25-13-14-4-2-1-3-5-14/h1-6,9,15-16,23H,7-8,10-13H2,(H,20,21,22)/t15-,16-/m1/s1. The van der Waals surface area contributed by atoms with Crippen LogP contribution in [0.25, 0.3) is 0 Å². The maximum absolute atomic E-state index is 10.3. The first-order valence-corrected chi connectivity index (χ1v) is 8.78. The summed E-state index contributed by atoms with van der Waals surface area (Å²) >= 11 is 0. The number of hydrogen-bond acceptors (Lipinski definition) is 6. The van der Waals surface area contributed by atoms with E-state index in [4.69, 9.17) is 9.47 Å². The van der Waals surface area contributed by atoms with Gasteiger partial charge in [0, 0.05) is 36.9 Å². The minimum Gasteiger partial charge on any atom is -0.473 e. The molecule has 6 nitrogen and oxygen atoms in total. The normalized spacial score (nSPS) is 24.5. The highest BCUT2D eigenvalue weighted by Crippen LogP contribution is 2.49. The molecule has 1 aliphatic carbocycles. The van der Waals surface area contributed by atoms with E-state index in [-0.39, 0.29) is 17.6 Å². The Labute approximate surface area is 147 Å². The minimum absolute atomic E-state index is 0.109. The summed E-state index contributed by atoms with van der Waals surface area (Å²) in [5.41, 5.74) is 0.988. The first-order chi connectivity index (χ1) is 12.3. The lowest BCUT2D eigenvalue weighted by atomic mass is 9.58. The Balaban J connectivity index is 1.40. The molecule has 0 radical (unpaired) electrons. The molecule has 1 aromatic heterocycles. The van der Waals surface area contributed by atoms with Gasteiger partial charge in [-0.1, -0.05) is 30.3 Å². The summed E-state index contributed by atoms with van der Waals surface area (Å²) < 4.78 is 11.2. The molecule has 2 aromatic rings. The molecule has 2 atom stereocenters. The van der Waals surface area contributed by atoms with Gasteiger partial charge in [0.25, 0.3) is 0 Å². The quantitative estimate of drug-likeness (QED) is 0.870. The van der Waals surface area contributed by atoms with Crippen LogP contribution in [0, 0.1) is 5.41 Å². The predicted octanol–water partition coefficient (Wildman–Crippen LogP) is 2.40. The molecular formula is C19H23N3O3. The van der Waals surface area contributed by atoms with Crippen LogP contribution in [0.1, 0.15) is 24.8 Å². The van der Waals surface area contributed by atoms with Crippen molar-refractivity contribution in [3.05, 3.63) is 48.2 Å². The van der Waals surface area contributed by atoms with Gasteiger partial charge in [0.15, 0.2) is 0 Å². The van der Waals surface area contributed by atoms with Crippen molar-refractivity contribution < 1.29 is 14.6 Å². The van der Waals surface area contributed by atoms with Gasteiger partial charge in [-0.3, -0.25) is 0 Å². The zero-order chi connectivity index (χ0) is 17.1. The first-order valence-electron chi connectivity index (χ1n) is 8.78. The van der Waals surface area contributed by atoms with Crippen LogP contribution in [-0.2, 0) is 11.3 Å². The van der Waals surface area contributed by atoms with Gasteiger partial charge < -0.3 is 19.9 Å². The second-order valence-corrected chi connectivity index (χ2v) is 6.79. The van der Waals surface area contributed by atoms with Crippen molar-refractivity contribution in [3.8, 4) is 5.88 Å². The fourth-order valence-corrected chi connectivity index (χ4v) is 3.78. The maximum Gasteiger partial charge on any atom is 0.226 e. The smallest absolute Gasteiger partial charge is 0.226 e. The van der Waals surface area contributed by atoms with Crippen molar-refractivity contribution in [1.82, 2.24) is 9.97 Å². The fraction of sp³-hybridized carbons (Fsp3) is 0.474. The zero-order valence-corrected chi connectivity index (χ0v) is 14.1. The van der Waals surface area contributed by atoms with Gasteiger partial charge in [-0.15, -0.1) is 0 Å². The number of benzene rings is 1. The number of ether oxygens (including phenoxy) is 2. The lowest BCUT2D eigenvalue weighted by Gasteiger charge is -2.55. The van der Waals surface area contributed by atoms with Crippen LogP contribution in [0.15, 0.2) is 42.6 Å². The lowest BCUT2D eigenvalue weighted by Crippen LogP contribution is -2.62. The molecule has 1 aromatic carbocycles. The Morgan fingerprint density at radius 1 is 1.20 bits per heavy atom. The largest absolute Gasteiger partial charge is 0.473 e. The Morgan fingerprint density at radius 2 is 2.00 bits per heavy atom. The van der Waals surface area contributed by atoms with Crippen molar-refractivity contribution in [2.75, 3.05) is 18.5 Å². The minimum atomic E-state index is -0.272. The first kappa shape index (κ1) is 16.3. The average Bonchev–Trinajstić information content (AvgIpc) is 2.68. The second kappa shape index (κ2) is 6.98. The van der Waals surface area contributed by atoms with Crippen LogP contribution in [0.2, 0.25) is 0 Å². The predicted molar refractivity (Wildman–Crippen MR) is 93.3 cm³/mol. The van der Waals surface area contributed by atoms with E-state index < -0.39 is 0 Å². The molecule has 0 amide bonds. The molecule has 1 aliphatic heterocycles. The molecule has 2 fully saturated rings. The third-order valence-corrected chi connectivity index (χ3v) is 5.40. The summed E-state index contributed by atoms with van der Waals surface area (Å²) in [7, 11) is 0. The molecule has 4 rings (SSSR count). The van der Waals surface area contributed by atoms with Crippen molar-refractivity contribution in [2.45, 2.75) is 38.0 Å². The average molecular weight is 341 g/mol. The number of aromatic nitrogens is 2. The van der Waals surface area contributed by atoms with Crippen LogP contribution < -0.4 is 10.1 Å². The van der Waals surface area contributed by atoms with E-state index in [9.17, 15) is 5.11 Å². The summed E-state index contributed by atoms with van der Waals surface area (Å²) in [6.07, 6.45) is 3.89. The van der Waals surface area contributed by atoms with E-state index in [1.54, 1.807) is 12.3 Å². The van der Waals surface area contributed by atoms with Crippen molar-refractivity contribution in [2.24, 2.45) is 5.41 Å². The van der Waals surface area contributed by atoms with Gasteiger partial charge in [0.2, 0.25) is 11.8 Å². The molecule has 2 aliphatic rings. The molecule has 2 heterocycles. The zero-order valence-electron chi connectivity index (χ0n) is 14.1. The summed E-state index contributed by atoms with van der Waals surface area (Å²) in [5.74, 6) is 1.09. The molecule has 2 N–H and O–H groups in total. The highest BCUT2D eigenvalue weighted by Gasteiger charge is 2.55. The van der Waals surface area contributed by atoms with E-state index in [2.05, 4.69) is 15.3 Å². The second-order valence-electron chi connectivity index (χ2n) is 6.79. The van der Waals surface area contributed by atoms with E-state index in [0.717, 1.165) is 24.8 Å². The molecular weight excluding hydrogens is 318 g/mol. The number of anilines is 1. The van der Waals surface area contributed by atoms with Crippen LogP contribution >= 0.6 is 0 Å².